The van der Waals surface area contributed by atoms with Gasteiger partial charge in [-0.25, -0.2) is 0 Å². The monoisotopic (exact) mass is 390 g/mol. The fourth-order valence-electron chi connectivity index (χ4n) is 3.01. The third-order valence-corrected chi connectivity index (χ3v) is 6.87. The fraction of sp³-hybridized carbons (Fsp3) is 1.00. The number of rotatable bonds is 21. The highest BCUT2D eigenvalue weighted by Crippen LogP contribution is 2.49. The van der Waals surface area contributed by atoms with Crippen LogP contribution >= 0.6 is 7.60 Å². The van der Waals surface area contributed by atoms with Gasteiger partial charge in [-0.15, -0.1) is 0 Å². The van der Waals surface area contributed by atoms with Gasteiger partial charge in [0.05, 0.1) is 19.4 Å². The predicted molar refractivity (Wildman–Crippen MR) is 115 cm³/mol. The van der Waals surface area contributed by atoms with Gasteiger partial charge in [0.2, 0.25) is 0 Å². The predicted octanol–water partition coefficient (Wildman–Crippen LogP) is 8.51. The van der Waals surface area contributed by atoms with E-state index in [1.54, 1.807) is 0 Å². The molecular formula is C22H47O3P. The van der Waals surface area contributed by atoms with E-state index < -0.39 is 7.60 Å². The maximum absolute atomic E-state index is 12.7. The molecular weight excluding hydrogens is 343 g/mol. The molecule has 0 bridgehead atoms. The highest BCUT2D eigenvalue weighted by Gasteiger charge is 2.23. The maximum Gasteiger partial charge on any atom is 0.330 e. The Kier molecular flexibility index (Phi) is 20.0. The van der Waals surface area contributed by atoms with Crippen molar-refractivity contribution in [2.75, 3.05) is 19.4 Å². The van der Waals surface area contributed by atoms with Crippen molar-refractivity contribution >= 4 is 7.60 Å². The van der Waals surface area contributed by atoms with Crippen molar-refractivity contribution < 1.29 is 13.6 Å². The van der Waals surface area contributed by atoms with Gasteiger partial charge in [0.25, 0.3) is 0 Å². The van der Waals surface area contributed by atoms with Crippen LogP contribution in [-0.2, 0) is 13.6 Å². The van der Waals surface area contributed by atoms with Crippen molar-refractivity contribution in [3.8, 4) is 0 Å². The van der Waals surface area contributed by atoms with Gasteiger partial charge in [0.1, 0.15) is 0 Å². The summed E-state index contributed by atoms with van der Waals surface area (Å²) in [6.45, 7) is 7.66. The third kappa shape index (κ3) is 17.6. The van der Waals surface area contributed by atoms with Crippen LogP contribution in [0.25, 0.3) is 0 Å². The van der Waals surface area contributed by atoms with Crippen molar-refractivity contribution in [3.63, 3.8) is 0 Å². The molecule has 0 radical (unpaired) electrons. The van der Waals surface area contributed by atoms with E-state index >= 15 is 0 Å². The lowest BCUT2D eigenvalue weighted by atomic mass is 10.1. The molecule has 0 amide bonds. The summed E-state index contributed by atoms with van der Waals surface area (Å²) in [5.41, 5.74) is 0. The first kappa shape index (κ1) is 26.1. The topological polar surface area (TPSA) is 35.5 Å². The Morgan fingerprint density at radius 3 is 1.35 bits per heavy atom. The Labute approximate surface area is 164 Å². The zero-order valence-corrected chi connectivity index (χ0v) is 19.0. The van der Waals surface area contributed by atoms with E-state index in [1.807, 2.05) is 0 Å². The second kappa shape index (κ2) is 19.9. The minimum atomic E-state index is -2.85. The Bertz CT molecular complexity index is 321. The highest BCUT2D eigenvalue weighted by molar-refractivity contribution is 7.53. The molecule has 0 N–H and O–H groups in total. The molecule has 0 aliphatic rings. The van der Waals surface area contributed by atoms with Crippen LogP contribution < -0.4 is 0 Å². The summed E-state index contributed by atoms with van der Waals surface area (Å²) in [6.07, 6.45) is 20.5. The molecule has 3 nitrogen and oxygen atoms in total. The van der Waals surface area contributed by atoms with Gasteiger partial charge in [-0.1, -0.05) is 104 Å². The maximum atomic E-state index is 12.7. The largest absolute Gasteiger partial charge is 0.330 e. The van der Waals surface area contributed by atoms with Crippen molar-refractivity contribution in [2.45, 2.75) is 124 Å². The molecule has 0 fully saturated rings. The molecule has 1 unspecified atom stereocenters. The molecule has 158 valence electrons. The van der Waals surface area contributed by atoms with E-state index in [9.17, 15) is 4.57 Å². The van der Waals surface area contributed by atoms with Gasteiger partial charge in [0, 0.05) is 0 Å². The first-order valence-corrected chi connectivity index (χ1v) is 13.3. The molecule has 1 atom stereocenters. The lowest BCUT2D eigenvalue weighted by Crippen LogP contribution is -2.03. The van der Waals surface area contributed by atoms with E-state index in [0.29, 0.717) is 19.4 Å². The van der Waals surface area contributed by atoms with Gasteiger partial charge < -0.3 is 9.05 Å². The first-order chi connectivity index (χ1) is 12.7. The van der Waals surface area contributed by atoms with Crippen LogP contribution in [-0.4, -0.2) is 19.4 Å². The average molecular weight is 391 g/mol. The van der Waals surface area contributed by atoms with Gasteiger partial charge in [0.15, 0.2) is 0 Å². The normalized spacial score (nSPS) is 13.8. The molecule has 0 heterocycles. The Hall–Kier alpha value is 0.150. The second-order valence-electron chi connectivity index (χ2n) is 7.60. The standard InChI is InChI=1S/C22H47O3P/c1-4-7-10-11-12-13-14-15-16-17-18-19-21-25-26(23,22-9-6-3)24-20-8-5-2/h4-22H2,1-3H3. The Morgan fingerprint density at radius 1 is 0.500 bits per heavy atom. The van der Waals surface area contributed by atoms with E-state index in [1.165, 1.54) is 70.6 Å². The second-order valence-corrected chi connectivity index (χ2v) is 9.78. The highest BCUT2D eigenvalue weighted by atomic mass is 31.2. The third-order valence-electron chi connectivity index (χ3n) is 4.86. The summed E-state index contributed by atoms with van der Waals surface area (Å²) in [4.78, 5) is 0. The molecule has 0 aromatic rings. The van der Waals surface area contributed by atoms with Gasteiger partial charge in [-0.05, 0) is 19.3 Å². The fourth-order valence-corrected chi connectivity index (χ4v) is 4.86. The van der Waals surface area contributed by atoms with Gasteiger partial charge >= 0.3 is 7.60 Å². The first-order valence-electron chi connectivity index (χ1n) is 11.6. The summed E-state index contributed by atoms with van der Waals surface area (Å²) in [5, 5.41) is 0. The molecule has 0 aromatic heterocycles. The van der Waals surface area contributed by atoms with Crippen LogP contribution in [0.2, 0.25) is 0 Å². The molecule has 0 saturated carbocycles. The lowest BCUT2D eigenvalue weighted by Gasteiger charge is -2.18. The summed E-state index contributed by atoms with van der Waals surface area (Å²) < 4.78 is 24.0. The molecule has 4 heteroatoms. The number of unbranched alkanes of at least 4 members (excludes halogenated alkanes) is 13. The van der Waals surface area contributed by atoms with Crippen LogP contribution in [0.15, 0.2) is 0 Å². The number of hydrogen-bond acceptors (Lipinski definition) is 3. The summed E-state index contributed by atoms with van der Waals surface area (Å²) in [6, 6.07) is 0. The Balaban J connectivity index is 3.55. The minimum absolute atomic E-state index is 0.565. The van der Waals surface area contributed by atoms with Crippen LogP contribution in [0.5, 0.6) is 0 Å². The van der Waals surface area contributed by atoms with E-state index in [2.05, 4.69) is 20.8 Å². The van der Waals surface area contributed by atoms with Crippen LogP contribution in [0, 0.1) is 0 Å². The van der Waals surface area contributed by atoms with Crippen LogP contribution in [0.1, 0.15) is 124 Å². The summed E-state index contributed by atoms with van der Waals surface area (Å²) in [5.74, 6) is 0. The van der Waals surface area contributed by atoms with Crippen molar-refractivity contribution in [3.05, 3.63) is 0 Å². The molecule has 0 spiro atoms. The SMILES string of the molecule is CCCCCCCCCCCCCCOP(=O)(CCCC)OCCCC. The zero-order valence-electron chi connectivity index (χ0n) is 18.1. The zero-order chi connectivity index (χ0) is 19.3. The van der Waals surface area contributed by atoms with Crippen LogP contribution in [0.4, 0.5) is 0 Å². The van der Waals surface area contributed by atoms with Crippen LogP contribution in [0.3, 0.4) is 0 Å². The van der Waals surface area contributed by atoms with Gasteiger partial charge in [-0.3, -0.25) is 4.57 Å². The quantitative estimate of drug-likeness (QED) is 0.145. The van der Waals surface area contributed by atoms with Crippen molar-refractivity contribution in [1.29, 1.82) is 0 Å². The molecule has 0 saturated heterocycles. The Morgan fingerprint density at radius 2 is 0.885 bits per heavy atom. The van der Waals surface area contributed by atoms with Crippen molar-refractivity contribution in [2.24, 2.45) is 0 Å². The molecule has 0 aliphatic carbocycles. The molecule has 0 aromatic carbocycles. The summed E-state index contributed by atoms with van der Waals surface area (Å²) >= 11 is 0. The average Bonchev–Trinajstić information content (AvgIpc) is 2.64. The van der Waals surface area contributed by atoms with E-state index in [4.69, 9.17) is 9.05 Å². The summed E-state index contributed by atoms with van der Waals surface area (Å²) in [7, 11) is -2.85. The van der Waals surface area contributed by atoms with Crippen molar-refractivity contribution in [1.82, 2.24) is 0 Å². The smallest absolute Gasteiger partial charge is 0.309 e. The number of hydrogen-bond donors (Lipinski definition) is 0. The minimum Gasteiger partial charge on any atom is -0.309 e. The molecule has 26 heavy (non-hydrogen) atoms. The lowest BCUT2D eigenvalue weighted by molar-refractivity contribution is 0.198. The van der Waals surface area contributed by atoms with E-state index in [0.717, 1.165) is 32.1 Å². The molecule has 0 rings (SSSR count). The van der Waals surface area contributed by atoms with Gasteiger partial charge in [-0.2, -0.15) is 0 Å². The molecule has 0 aliphatic heterocycles. The van der Waals surface area contributed by atoms with E-state index in [-0.39, 0.29) is 0 Å².